The summed E-state index contributed by atoms with van der Waals surface area (Å²) in [6.07, 6.45) is 0. The minimum Gasteiger partial charge on any atom is -0.508 e. The lowest BCUT2D eigenvalue weighted by molar-refractivity contribution is 0.0246. The van der Waals surface area contributed by atoms with Gasteiger partial charge in [0.25, 0.3) is 0 Å². The Labute approximate surface area is 207 Å². The molecule has 33 heavy (non-hydrogen) atoms. The summed E-state index contributed by atoms with van der Waals surface area (Å²) in [4.78, 5) is 24.9. The smallest absolute Gasteiger partial charge is 0.340 e. The maximum absolute atomic E-state index is 13.1. The molecule has 0 saturated carbocycles. The van der Waals surface area contributed by atoms with Crippen molar-refractivity contribution in [1.82, 2.24) is 0 Å². The highest BCUT2D eigenvalue weighted by Gasteiger charge is 2.51. The SMILES string of the molecule is Cc1c(O)cc(C2(c3cc(O)c(C)c(Br)c3C)OC(=O)c3ccc(C(=O)O)cc32)c(C)c1Br. The predicted octanol–water partition coefficient (Wildman–Crippen LogP) is 6.02. The molecule has 1 heterocycles. The molecule has 6 nitrogen and oxygen atoms in total. The van der Waals surface area contributed by atoms with Crippen LogP contribution in [-0.2, 0) is 10.3 Å². The fraction of sp³-hybridized carbons (Fsp3) is 0.200. The molecule has 0 spiro atoms. The normalized spacial score (nSPS) is 14.2. The third-order valence-electron chi connectivity index (χ3n) is 6.33. The molecule has 0 aromatic heterocycles. The number of fused-ring (bicyclic) bond motifs is 1. The number of carboxylic acid groups (broad SMARTS) is 1. The van der Waals surface area contributed by atoms with Gasteiger partial charge in [0.05, 0.1) is 11.1 Å². The summed E-state index contributed by atoms with van der Waals surface area (Å²) in [5.41, 5.74) is 2.43. The molecule has 0 atom stereocenters. The summed E-state index contributed by atoms with van der Waals surface area (Å²) in [6, 6.07) is 7.24. The summed E-state index contributed by atoms with van der Waals surface area (Å²) in [7, 11) is 0. The van der Waals surface area contributed by atoms with Crippen molar-refractivity contribution in [1.29, 1.82) is 0 Å². The number of benzene rings is 3. The van der Waals surface area contributed by atoms with Crippen LogP contribution in [0.4, 0.5) is 0 Å². The number of halogens is 2. The summed E-state index contributed by atoms with van der Waals surface area (Å²) in [5.74, 6) is -1.82. The van der Waals surface area contributed by atoms with Gasteiger partial charge < -0.3 is 20.1 Å². The van der Waals surface area contributed by atoms with Gasteiger partial charge in [-0.15, -0.1) is 0 Å². The van der Waals surface area contributed by atoms with Crippen molar-refractivity contribution in [2.75, 3.05) is 0 Å². The van der Waals surface area contributed by atoms with E-state index in [-0.39, 0.29) is 22.6 Å². The molecule has 0 aliphatic carbocycles. The maximum Gasteiger partial charge on any atom is 0.340 e. The van der Waals surface area contributed by atoms with Crippen molar-refractivity contribution in [2.24, 2.45) is 0 Å². The number of phenolic OH excluding ortho intramolecular Hbond substituents is 2. The van der Waals surface area contributed by atoms with Crippen LogP contribution in [0.15, 0.2) is 39.3 Å². The van der Waals surface area contributed by atoms with Gasteiger partial charge in [-0.3, -0.25) is 0 Å². The standard InChI is InChI=1S/C25H20Br2O6/c1-10-16(8-19(28)12(3)21(10)26)25(17-9-20(29)13(4)22(27)11(17)2)18-7-14(23(30)31)5-6-15(18)24(32)33-25/h5-9,28-29H,1-4H3,(H,30,31). The van der Waals surface area contributed by atoms with E-state index >= 15 is 0 Å². The van der Waals surface area contributed by atoms with Crippen LogP contribution in [0, 0.1) is 27.7 Å². The fourth-order valence-electron chi connectivity index (χ4n) is 4.40. The molecular weight excluding hydrogens is 556 g/mol. The number of aromatic carboxylic acids is 1. The van der Waals surface area contributed by atoms with Crippen LogP contribution >= 0.6 is 31.9 Å². The zero-order valence-electron chi connectivity index (χ0n) is 18.2. The number of hydrogen-bond donors (Lipinski definition) is 3. The quantitative estimate of drug-likeness (QED) is 0.330. The summed E-state index contributed by atoms with van der Waals surface area (Å²) >= 11 is 7.05. The van der Waals surface area contributed by atoms with E-state index < -0.39 is 17.5 Å². The highest BCUT2D eigenvalue weighted by atomic mass is 79.9. The van der Waals surface area contributed by atoms with Gasteiger partial charge in [-0.1, -0.05) is 31.9 Å². The largest absolute Gasteiger partial charge is 0.508 e. The average molecular weight is 576 g/mol. The van der Waals surface area contributed by atoms with Crippen LogP contribution < -0.4 is 0 Å². The molecule has 3 N–H and O–H groups in total. The number of cyclic esters (lactones) is 1. The van der Waals surface area contributed by atoms with Crippen LogP contribution in [0.5, 0.6) is 11.5 Å². The molecule has 3 aromatic rings. The highest BCUT2D eigenvalue weighted by Crippen LogP contribution is 2.53. The molecule has 0 bridgehead atoms. The van der Waals surface area contributed by atoms with E-state index in [0.29, 0.717) is 47.9 Å². The summed E-state index contributed by atoms with van der Waals surface area (Å²) in [6.45, 7) is 7.14. The van der Waals surface area contributed by atoms with E-state index in [2.05, 4.69) is 31.9 Å². The van der Waals surface area contributed by atoms with Crippen molar-refractivity contribution >= 4 is 43.8 Å². The van der Waals surface area contributed by atoms with Crippen LogP contribution in [0.25, 0.3) is 0 Å². The van der Waals surface area contributed by atoms with Crippen LogP contribution in [0.3, 0.4) is 0 Å². The Hall–Kier alpha value is -2.84. The molecule has 1 aliphatic heterocycles. The van der Waals surface area contributed by atoms with Gasteiger partial charge in [-0.05, 0) is 69.2 Å². The number of carbonyl (C=O) groups excluding carboxylic acids is 1. The lowest BCUT2D eigenvalue weighted by Gasteiger charge is -2.34. The van der Waals surface area contributed by atoms with E-state index in [1.54, 1.807) is 13.8 Å². The second-order valence-electron chi connectivity index (χ2n) is 8.15. The number of rotatable bonds is 3. The molecule has 8 heteroatoms. The van der Waals surface area contributed by atoms with E-state index in [9.17, 15) is 24.9 Å². The minimum absolute atomic E-state index is 0.0162. The molecule has 0 unspecified atom stereocenters. The summed E-state index contributed by atoms with van der Waals surface area (Å²) in [5, 5.41) is 31.0. The first-order valence-corrected chi connectivity index (χ1v) is 11.6. The second kappa shape index (κ2) is 7.88. The van der Waals surface area contributed by atoms with E-state index in [4.69, 9.17) is 4.74 Å². The van der Waals surface area contributed by atoms with Gasteiger partial charge in [-0.2, -0.15) is 0 Å². The van der Waals surface area contributed by atoms with Crippen LogP contribution in [0.2, 0.25) is 0 Å². The van der Waals surface area contributed by atoms with E-state index in [0.717, 1.165) is 0 Å². The number of esters is 1. The third-order valence-corrected chi connectivity index (χ3v) is 8.70. The lowest BCUT2D eigenvalue weighted by Crippen LogP contribution is -2.32. The number of carboxylic acids is 1. The molecule has 0 radical (unpaired) electrons. The number of aromatic hydroxyl groups is 2. The Balaban J connectivity index is 2.24. The molecule has 0 saturated heterocycles. The topological polar surface area (TPSA) is 104 Å². The predicted molar refractivity (Wildman–Crippen MR) is 129 cm³/mol. The fourth-order valence-corrected chi connectivity index (χ4v) is 5.24. The molecule has 0 fully saturated rings. The van der Waals surface area contributed by atoms with Crippen molar-refractivity contribution in [3.63, 3.8) is 0 Å². The van der Waals surface area contributed by atoms with E-state index in [1.807, 2.05) is 13.8 Å². The van der Waals surface area contributed by atoms with Gasteiger partial charge in [0.1, 0.15) is 11.5 Å². The first kappa shape index (κ1) is 23.3. The highest BCUT2D eigenvalue weighted by molar-refractivity contribution is 9.10. The van der Waals surface area contributed by atoms with Gasteiger partial charge in [0, 0.05) is 36.8 Å². The van der Waals surface area contributed by atoms with E-state index in [1.165, 1.54) is 30.3 Å². The first-order chi connectivity index (χ1) is 15.4. The molecule has 0 amide bonds. The Morgan fingerprint density at radius 2 is 1.30 bits per heavy atom. The third kappa shape index (κ3) is 3.27. The second-order valence-corrected chi connectivity index (χ2v) is 9.74. The van der Waals surface area contributed by atoms with Crippen LogP contribution in [0.1, 0.15) is 59.7 Å². The lowest BCUT2D eigenvalue weighted by atomic mass is 9.75. The van der Waals surface area contributed by atoms with Gasteiger partial charge in [0.15, 0.2) is 5.60 Å². The number of hydrogen-bond acceptors (Lipinski definition) is 5. The molecule has 3 aromatic carbocycles. The van der Waals surface area contributed by atoms with Crippen molar-refractivity contribution in [3.8, 4) is 11.5 Å². The summed E-state index contributed by atoms with van der Waals surface area (Å²) < 4.78 is 7.35. The Morgan fingerprint density at radius 3 is 1.76 bits per heavy atom. The van der Waals surface area contributed by atoms with Crippen molar-refractivity contribution in [3.05, 3.63) is 89.3 Å². The Morgan fingerprint density at radius 1 is 0.818 bits per heavy atom. The maximum atomic E-state index is 13.1. The molecule has 170 valence electrons. The number of ether oxygens (including phenoxy) is 1. The molecular formula is C25H20Br2O6. The van der Waals surface area contributed by atoms with Gasteiger partial charge in [-0.25, -0.2) is 9.59 Å². The first-order valence-electron chi connectivity index (χ1n) is 10.0. The molecule has 1 aliphatic rings. The van der Waals surface area contributed by atoms with Crippen LogP contribution in [-0.4, -0.2) is 27.3 Å². The minimum atomic E-state index is -1.60. The monoisotopic (exact) mass is 574 g/mol. The Bertz CT molecular complexity index is 1310. The zero-order chi connectivity index (χ0) is 24.4. The van der Waals surface area contributed by atoms with Gasteiger partial charge in [0.2, 0.25) is 0 Å². The zero-order valence-corrected chi connectivity index (χ0v) is 21.4. The average Bonchev–Trinajstić information content (AvgIpc) is 3.08. The van der Waals surface area contributed by atoms with Gasteiger partial charge >= 0.3 is 11.9 Å². The van der Waals surface area contributed by atoms with Crippen molar-refractivity contribution < 1.29 is 29.6 Å². The number of phenols is 2. The Kier molecular flexibility index (Phi) is 5.57. The number of carbonyl (C=O) groups is 2. The molecule has 4 rings (SSSR count). The van der Waals surface area contributed by atoms with Crippen molar-refractivity contribution in [2.45, 2.75) is 33.3 Å².